The smallest absolute Gasteiger partial charge is 0.408 e. The molecule has 0 fully saturated rings. The number of rotatable bonds is 4. The summed E-state index contributed by atoms with van der Waals surface area (Å²) in [5.74, 6) is 0. The molecule has 0 saturated heterocycles. The third kappa shape index (κ3) is 4.99. The van der Waals surface area contributed by atoms with E-state index in [0.29, 0.717) is 10.0 Å². The molecular weight excluding hydrogens is 320 g/mol. The van der Waals surface area contributed by atoms with E-state index in [0.717, 1.165) is 5.56 Å². The monoisotopic (exact) mass is 336 g/mol. The van der Waals surface area contributed by atoms with Crippen molar-refractivity contribution in [2.75, 3.05) is 0 Å². The van der Waals surface area contributed by atoms with Gasteiger partial charge in [-0.1, -0.05) is 11.3 Å². The van der Waals surface area contributed by atoms with Gasteiger partial charge in [0, 0.05) is 17.7 Å². The zero-order chi connectivity index (χ0) is 17.0. The minimum Gasteiger partial charge on any atom is -0.444 e. The van der Waals surface area contributed by atoms with Gasteiger partial charge in [0.25, 0.3) is 5.69 Å². The van der Waals surface area contributed by atoms with Gasteiger partial charge in [-0.25, -0.2) is 4.79 Å². The van der Waals surface area contributed by atoms with Crippen LogP contribution in [0.25, 0.3) is 10.6 Å². The van der Waals surface area contributed by atoms with Crippen molar-refractivity contribution in [1.82, 2.24) is 15.5 Å². The summed E-state index contributed by atoms with van der Waals surface area (Å²) >= 11 is 1.30. The minimum atomic E-state index is -0.560. The number of non-ortho nitro benzene ring substituents is 1. The van der Waals surface area contributed by atoms with E-state index < -0.39 is 16.6 Å². The zero-order valence-electron chi connectivity index (χ0n) is 12.9. The van der Waals surface area contributed by atoms with Crippen molar-refractivity contribution in [1.29, 1.82) is 0 Å². The van der Waals surface area contributed by atoms with Gasteiger partial charge in [0.15, 0.2) is 0 Å². The molecule has 0 spiro atoms. The van der Waals surface area contributed by atoms with E-state index in [4.69, 9.17) is 4.74 Å². The summed E-state index contributed by atoms with van der Waals surface area (Å²) in [6.45, 7) is 5.55. The van der Waals surface area contributed by atoms with Gasteiger partial charge in [0.1, 0.15) is 15.6 Å². The van der Waals surface area contributed by atoms with Crippen LogP contribution in [0.3, 0.4) is 0 Å². The standard InChI is InChI=1S/C14H16N4O4S/c1-14(2,3)22-13(19)15-8-11-16-17-12(23-11)9-4-6-10(7-5-9)18(20)21/h4-7H,8H2,1-3H3,(H,15,19). The Balaban J connectivity index is 1.98. The second-order valence-electron chi connectivity index (χ2n) is 5.66. The summed E-state index contributed by atoms with van der Waals surface area (Å²) in [4.78, 5) is 21.7. The number of nitrogens with zero attached hydrogens (tertiary/aromatic N) is 3. The Morgan fingerprint density at radius 3 is 2.52 bits per heavy atom. The van der Waals surface area contributed by atoms with Crippen LogP contribution in [0.4, 0.5) is 10.5 Å². The quantitative estimate of drug-likeness (QED) is 0.679. The lowest BCUT2D eigenvalue weighted by Gasteiger charge is -2.19. The number of nitro groups is 1. The first kappa shape index (κ1) is 16.8. The first-order valence-electron chi connectivity index (χ1n) is 6.79. The number of ether oxygens (including phenoxy) is 1. The van der Waals surface area contributed by atoms with Crippen LogP contribution >= 0.6 is 11.3 Å². The third-order valence-electron chi connectivity index (χ3n) is 2.57. The summed E-state index contributed by atoms with van der Waals surface area (Å²) in [6.07, 6.45) is -0.524. The molecule has 1 amide bonds. The molecule has 2 rings (SSSR count). The average molecular weight is 336 g/mol. The Hall–Kier alpha value is -2.55. The van der Waals surface area contributed by atoms with Gasteiger partial charge in [0.2, 0.25) is 0 Å². The first-order valence-corrected chi connectivity index (χ1v) is 7.60. The SMILES string of the molecule is CC(C)(C)OC(=O)NCc1nnc(-c2ccc([N+](=O)[O-])cc2)s1. The Bertz CT molecular complexity index is 706. The van der Waals surface area contributed by atoms with E-state index in [-0.39, 0.29) is 12.2 Å². The van der Waals surface area contributed by atoms with Crippen LogP contribution in [0.5, 0.6) is 0 Å². The fourth-order valence-electron chi connectivity index (χ4n) is 1.63. The maximum atomic E-state index is 11.6. The molecule has 9 heteroatoms. The van der Waals surface area contributed by atoms with Gasteiger partial charge in [0.05, 0.1) is 11.5 Å². The van der Waals surface area contributed by atoms with Crippen molar-refractivity contribution in [3.05, 3.63) is 39.4 Å². The van der Waals surface area contributed by atoms with Crippen LogP contribution in [0.15, 0.2) is 24.3 Å². The number of aromatic nitrogens is 2. The second-order valence-corrected chi connectivity index (χ2v) is 6.72. The van der Waals surface area contributed by atoms with Gasteiger partial charge >= 0.3 is 6.09 Å². The van der Waals surface area contributed by atoms with E-state index in [1.165, 1.54) is 23.5 Å². The lowest BCUT2D eigenvalue weighted by Crippen LogP contribution is -2.32. The fraction of sp³-hybridized carbons (Fsp3) is 0.357. The van der Waals surface area contributed by atoms with E-state index >= 15 is 0 Å². The highest BCUT2D eigenvalue weighted by molar-refractivity contribution is 7.14. The van der Waals surface area contributed by atoms with Crippen LogP contribution in [0.1, 0.15) is 25.8 Å². The molecule has 1 aromatic heterocycles. The molecule has 0 aliphatic carbocycles. The Labute approximate surface area is 136 Å². The Kier molecular flexibility index (Phi) is 4.89. The van der Waals surface area contributed by atoms with Crippen molar-refractivity contribution in [2.45, 2.75) is 32.9 Å². The molecule has 0 aliphatic heterocycles. The highest BCUT2D eigenvalue weighted by atomic mass is 32.1. The number of nitro benzene ring substituents is 1. The van der Waals surface area contributed by atoms with E-state index in [1.807, 2.05) is 0 Å². The highest BCUT2D eigenvalue weighted by Crippen LogP contribution is 2.25. The fourth-order valence-corrected chi connectivity index (χ4v) is 2.41. The average Bonchev–Trinajstić information content (AvgIpc) is 2.92. The normalized spacial score (nSPS) is 11.1. The largest absolute Gasteiger partial charge is 0.444 e. The van der Waals surface area contributed by atoms with E-state index in [2.05, 4.69) is 15.5 Å². The number of carbonyl (C=O) groups excluding carboxylic acids is 1. The zero-order valence-corrected chi connectivity index (χ0v) is 13.7. The molecule has 122 valence electrons. The summed E-state index contributed by atoms with van der Waals surface area (Å²) in [6, 6.07) is 6.05. The molecule has 0 saturated carbocycles. The molecule has 1 N–H and O–H groups in total. The van der Waals surface area contributed by atoms with Crippen LogP contribution in [-0.4, -0.2) is 26.8 Å². The maximum absolute atomic E-state index is 11.6. The number of hydrogen-bond donors (Lipinski definition) is 1. The topological polar surface area (TPSA) is 107 Å². The Morgan fingerprint density at radius 1 is 1.30 bits per heavy atom. The molecule has 1 aromatic carbocycles. The number of carbonyl (C=O) groups is 1. The third-order valence-corrected chi connectivity index (χ3v) is 3.55. The lowest BCUT2D eigenvalue weighted by molar-refractivity contribution is -0.384. The van der Waals surface area contributed by atoms with Gasteiger partial charge in [-0.15, -0.1) is 10.2 Å². The summed E-state index contributed by atoms with van der Waals surface area (Å²) in [7, 11) is 0. The van der Waals surface area contributed by atoms with Crippen LogP contribution in [-0.2, 0) is 11.3 Å². The van der Waals surface area contributed by atoms with Crippen LogP contribution in [0.2, 0.25) is 0 Å². The summed E-state index contributed by atoms with van der Waals surface area (Å²) in [5, 5.41) is 22.5. The number of nitrogens with one attached hydrogen (secondary N) is 1. The molecule has 0 unspecified atom stereocenters. The molecule has 2 aromatic rings. The summed E-state index contributed by atoms with van der Waals surface area (Å²) in [5.41, 5.74) is 0.191. The Morgan fingerprint density at radius 2 is 1.96 bits per heavy atom. The molecule has 0 radical (unpaired) electrons. The van der Waals surface area contributed by atoms with Crippen molar-refractivity contribution in [3.8, 4) is 10.6 Å². The van der Waals surface area contributed by atoms with Crippen LogP contribution < -0.4 is 5.32 Å². The van der Waals surface area contributed by atoms with E-state index in [1.54, 1.807) is 32.9 Å². The number of hydrogen-bond acceptors (Lipinski definition) is 7. The molecular formula is C14H16N4O4S. The number of alkyl carbamates (subject to hydrolysis) is 1. The van der Waals surface area contributed by atoms with Gasteiger partial charge in [-0.2, -0.15) is 0 Å². The van der Waals surface area contributed by atoms with Crippen molar-refractivity contribution >= 4 is 23.1 Å². The first-order chi connectivity index (χ1) is 10.7. The molecule has 8 nitrogen and oxygen atoms in total. The lowest BCUT2D eigenvalue weighted by atomic mass is 10.2. The molecule has 23 heavy (non-hydrogen) atoms. The molecule has 0 bridgehead atoms. The van der Waals surface area contributed by atoms with Gasteiger partial charge in [-0.3, -0.25) is 10.1 Å². The summed E-state index contributed by atoms with van der Waals surface area (Å²) < 4.78 is 5.13. The predicted molar refractivity (Wildman–Crippen MR) is 85.1 cm³/mol. The number of amides is 1. The molecule has 0 atom stereocenters. The number of benzene rings is 1. The van der Waals surface area contributed by atoms with E-state index in [9.17, 15) is 14.9 Å². The minimum absolute atomic E-state index is 0.0186. The van der Waals surface area contributed by atoms with Gasteiger partial charge in [-0.05, 0) is 32.9 Å². The highest BCUT2D eigenvalue weighted by Gasteiger charge is 2.16. The van der Waals surface area contributed by atoms with Crippen molar-refractivity contribution < 1.29 is 14.5 Å². The maximum Gasteiger partial charge on any atom is 0.408 e. The molecule has 1 heterocycles. The van der Waals surface area contributed by atoms with Gasteiger partial charge < -0.3 is 10.1 Å². The predicted octanol–water partition coefficient (Wildman–Crippen LogP) is 3.14. The second kappa shape index (κ2) is 6.69. The van der Waals surface area contributed by atoms with Crippen molar-refractivity contribution in [2.24, 2.45) is 0 Å². The molecule has 0 aliphatic rings. The van der Waals surface area contributed by atoms with Crippen molar-refractivity contribution in [3.63, 3.8) is 0 Å². The van der Waals surface area contributed by atoms with Crippen LogP contribution in [0, 0.1) is 10.1 Å².